The van der Waals surface area contributed by atoms with Gasteiger partial charge in [0.1, 0.15) is 5.56 Å². The third-order valence-corrected chi connectivity index (χ3v) is 5.59. The number of rotatable bonds is 7. The maximum absolute atomic E-state index is 12.6. The van der Waals surface area contributed by atoms with E-state index in [1.807, 2.05) is 43.3 Å². The van der Waals surface area contributed by atoms with Crippen LogP contribution < -0.4 is 0 Å². The molecule has 0 atom stereocenters. The number of pyridine rings is 1. The van der Waals surface area contributed by atoms with Gasteiger partial charge < -0.3 is 9.64 Å². The molecule has 0 radical (unpaired) electrons. The van der Waals surface area contributed by atoms with Gasteiger partial charge in [-0.15, -0.1) is 0 Å². The van der Waals surface area contributed by atoms with Crippen molar-refractivity contribution in [1.82, 2.24) is 24.6 Å². The van der Waals surface area contributed by atoms with Crippen molar-refractivity contribution in [2.24, 2.45) is 0 Å². The van der Waals surface area contributed by atoms with Crippen LogP contribution in [-0.2, 0) is 22.5 Å². The predicted octanol–water partition coefficient (Wildman–Crippen LogP) is 2.33. The maximum Gasteiger partial charge on any atom is 0.342 e. The second-order valence-electron chi connectivity index (χ2n) is 7.68. The summed E-state index contributed by atoms with van der Waals surface area (Å²) in [5, 5.41) is 4.29. The molecule has 32 heavy (non-hydrogen) atoms. The molecular formula is C24H27N5O3. The monoisotopic (exact) mass is 433 g/mol. The van der Waals surface area contributed by atoms with Crippen LogP contribution >= 0.6 is 0 Å². The quantitative estimate of drug-likeness (QED) is 0.532. The van der Waals surface area contributed by atoms with Crippen molar-refractivity contribution in [3.63, 3.8) is 0 Å². The molecule has 2 aromatic heterocycles. The van der Waals surface area contributed by atoms with Crippen molar-refractivity contribution in [2.45, 2.75) is 19.9 Å². The van der Waals surface area contributed by atoms with E-state index < -0.39 is 5.97 Å². The van der Waals surface area contributed by atoms with Gasteiger partial charge in [0.05, 0.1) is 11.9 Å². The predicted molar refractivity (Wildman–Crippen MR) is 119 cm³/mol. The zero-order valence-corrected chi connectivity index (χ0v) is 18.2. The number of amides is 1. The van der Waals surface area contributed by atoms with Gasteiger partial charge in [-0.05, 0) is 24.1 Å². The number of benzene rings is 1. The van der Waals surface area contributed by atoms with Crippen molar-refractivity contribution in [2.75, 3.05) is 32.8 Å². The van der Waals surface area contributed by atoms with Crippen LogP contribution in [0, 0.1) is 0 Å². The van der Waals surface area contributed by atoms with Gasteiger partial charge in [-0.3, -0.25) is 9.69 Å². The Labute approximate surface area is 187 Å². The van der Waals surface area contributed by atoms with Gasteiger partial charge in [0.15, 0.2) is 12.4 Å². The van der Waals surface area contributed by atoms with Crippen LogP contribution in [0.5, 0.6) is 0 Å². The van der Waals surface area contributed by atoms with Gasteiger partial charge in [-0.25, -0.2) is 14.5 Å². The summed E-state index contributed by atoms with van der Waals surface area (Å²) < 4.78 is 6.97. The first-order valence-electron chi connectivity index (χ1n) is 10.8. The topological polar surface area (TPSA) is 80.6 Å². The lowest BCUT2D eigenvalue weighted by molar-refractivity contribution is -0.136. The number of carbonyl (C=O) groups excluding carboxylic acids is 2. The Morgan fingerprint density at radius 2 is 1.75 bits per heavy atom. The average molecular weight is 434 g/mol. The molecule has 0 unspecified atom stereocenters. The second-order valence-corrected chi connectivity index (χ2v) is 7.68. The van der Waals surface area contributed by atoms with Crippen molar-refractivity contribution in [3.05, 3.63) is 77.7 Å². The van der Waals surface area contributed by atoms with Gasteiger partial charge in [0, 0.05) is 38.9 Å². The minimum absolute atomic E-state index is 0.173. The summed E-state index contributed by atoms with van der Waals surface area (Å²) in [6.45, 7) is 5.39. The van der Waals surface area contributed by atoms with Crippen LogP contribution in [0.3, 0.4) is 0 Å². The molecule has 8 nitrogen and oxygen atoms in total. The maximum atomic E-state index is 12.6. The summed E-state index contributed by atoms with van der Waals surface area (Å²) in [7, 11) is 0. The first-order chi connectivity index (χ1) is 15.7. The second kappa shape index (κ2) is 10.2. The van der Waals surface area contributed by atoms with E-state index in [0.29, 0.717) is 36.6 Å². The fourth-order valence-electron chi connectivity index (χ4n) is 3.85. The zero-order valence-electron chi connectivity index (χ0n) is 18.2. The van der Waals surface area contributed by atoms with Gasteiger partial charge in [-0.1, -0.05) is 43.3 Å². The third-order valence-electron chi connectivity index (χ3n) is 5.59. The van der Waals surface area contributed by atoms with Crippen LogP contribution in [0.15, 0.2) is 60.9 Å². The van der Waals surface area contributed by atoms with E-state index in [1.165, 1.54) is 11.8 Å². The summed E-state index contributed by atoms with van der Waals surface area (Å²) in [5.41, 5.74) is 2.33. The van der Waals surface area contributed by atoms with Gasteiger partial charge >= 0.3 is 5.97 Å². The van der Waals surface area contributed by atoms with E-state index in [2.05, 4.69) is 27.1 Å². The van der Waals surface area contributed by atoms with Crippen LogP contribution in [0.1, 0.15) is 28.5 Å². The fourth-order valence-corrected chi connectivity index (χ4v) is 3.85. The van der Waals surface area contributed by atoms with Crippen LogP contribution in [0.2, 0.25) is 0 Å². The summed E-state index contributed by atoms with van der Waals surface area (Å²) in [4.78, 5) is 33.6. The SMILES string of the molecule is CCc1c(C(=O)OCC(=O)N2CCN(Cc3ccccc3)CC2)cnn1-c1ccccn1. The van der Waals surface area contributed by atoms with Crippen LogP contribution in [0.4, 0.5) is 0 Å². The zero-order chi connectivity index (χ0) is 22.3. The van der Waals surface area contributed by atoms with E-state index in [1.54, 1.807) is 15.8 Å². The van der Waals surface area contributed by atoms with Gasteiger partial charge in [-0.2, -0.15) is 5.10 Å². The lowest BCUT2D eigenvalue weighted by Crippen LogP contribution is -2.49. The van der Waals surface area contributed by atoms with E-state index in [9.17, 15) is 9.59 Å². The molecule has 8 heteroatoms. The summed E-state index contributed by atoms with van der Waals surface area (Å²) in [5.74, 6) is -0.0826. The molecule has 1 aromatic carbocycles. The van der Waals surface area contributed by atoms with Crippen molar-refractivity contribution in [1.29, 1.82) is 0 Å². The normalized spacial score (nSPS) is 14.3. The molecule has 0 bridgehead atoms. The molecule has 1 saturated heterocycles. The number of hydrogen-bond donors (Lipinski definition) is 0. The average Bonchev–Trinajstić information content (AvgIpc) is 3.28. The fraction of sp³-hybridized carbons (Fsp3) is 0.333. The van der Waals surface area contributed by atoms with E-state index in [4.69, 9.17) is 4.74 Å². The van der Waals surface area contributed by atoms with Crippen molar-refractivity contribution in [3.8, 4) is 5.82 Å². The van der Waals surface area contributed by atoms with Gasteiger partial charge in [0.2, 0.25) is 0 Å². The lowest BCUT2D eigenvalue weighted by atomic mass is 10.2. The molecule has 3 aromatic rings. The first-order valence-corrected chi connectivity index (χ1v) is 10.8. The first kappa shape index (κ1) is 21.7. The molecular weight excluding hydrogens is 406 g/mol. The van der Waals surface area contributed by atoms with E-state index in [-0.39, 0.29) is 12.5 Å². The summed E-state index contributed by atoms with van der Waals surface area (Å²) in [6, 6.07) is 15.8. The number of esters is 1. The van der Waals surface area contributed by atoms with Crippen molar-refractivity contribution >= 4 is 11.9 Å². The number of aromatic nitrogens is 3. The van der Waals surface area contributed by atoms with Crippen LogP contribution in [-0.4, -0.2) is 69.2 Å². The highest BCUT2D eigenvalue weighted by Crippen LogP contribution is 2.15. The smallest absolute Gasteiger partial charge is 0.342 e. The number of carbonyl (C=O) groups is 2. The Bertz CT molecular complexity index is 1040. The van der Waals surface area contributed by atoms with Crippen LogP contribution in [0.25, 0.3) is 5.82 Å². The molecule has 0 aliphatic carbocycles. The standard InChI is InChI=1S/C24H27N5O3/c1-2-21-20(16-26-29(21)22-10-6-7-11-25-22)24(31)32-18-23(30)28-14-12-27(13-15-28)17-19-8-4-3-5-9-19/h3-11,16H,2,12-15,17-18H2,1H3. The molecule has 1 amide bonds. The molecule has 0 N–H and O–H groups in total. The summed E-state index contributed by atoms with van der Waals surface area (Å²) in [6.07, 6.45) is 3.73. The molecule has 1 aliphatic heterocycles. The molecule has 1 aliphatic rings. The molecule has 4 rings (SSSR count). The molecule has 166 valence electrons. The minimum atomic E-state index is -0.542. The molecule has 0 spiro atoms. The van der Waals surface area contributed by atoms with Crippen molar-refractivity contribution < 1.29 is 14.3 Å². The number of piperazine rings is 1. The highest BCUT2D eigenvalue weighted by Gasteiger charge is 2.24. The largest absolute Gasteiger partial charge is 0.452 e. The Balaban J connectivity index is 1.29. The Morgan fingerprint density at radius 1 is 1.00 bits per heavy atom. The van der Waals surface area contributed by atoms with E-state index in [0.717, 1.165) is 19.6 Å². The molecule has 1 fully saturated rings. The third kappa shape index (κ3) is 5.03. The lowest BCUT2D eigenvalue weighted by Gasteiger charge is -2.34. The number of nitrogens with zero attached hydrogens (tertiary/aromatic N) is 5. The minimum Gasteiger partial charge on any atom is -0.452 e. The van der Waals surface area contributed by atoms with E-state index >= 15 is 0 Å². The number of ether oxygens (including phenoxy) is 1. The Morgan fingerprint density at radius 3 is 2.44 bits per heavy atom. The van der Waals surface area contributed by atoms with Gasteiger partial charge in [0.25, 0.3) is 5.91 Å². The molecule has 0 saturated carbocycles. The Kier molecular flexibility index (Phi) is 6.91. The molecule has 3 heterocycles. The number of hydrogen-bond acceptors (Lipinski definition) is 6. The summed E-state index contributed by atoms with van der Waals surface area (Å²) >= 11 is 0. The highest BCUT2D eigenvalue weighted by atomic mass is 16.5. The highest BCUT2D eigenvalue weighted by molar-refractivity contribution is 5.92. The Hall–Kier alpha value is -3.52.